The minimum Gasteiger partial charge on any atom is -0.462 e. The van der Waals surface area contributed by atoms with Crippen molar-refractivity contribution in [1.82, 2.24) is 9.97 Å². The maximum absolute atomic E-state index is 11.9. The van der Waals surface area contributed by atoms with Crippen LogP contribution in [-0.2, 0) is 4.74 Å². The van der Waals surface area contributed by atoms with Gasteiger partial charge < -0.3 is 10.1 Å². The van der Waals surface area contributed by atoms with Gasteiger partial charge in [0.05, 0.1) is 18.6 Å². The molecule has 1 N–H and O–H groups in total. The standard InChI is InChI=1S/C13H16N4O2S/c1-3-19-12(18)10-7-15-13(20-2)17-11(10)16-9-4-8(5-9)6-14/h7-9H,3-5H2,1-2H3,(H,15,16,17)/t8-,9-. The summed E-state index contributed by atoms with van der Waals surface area (Å²) in [4.78, 5) is 20.3. The first-order valence-electron chi connectivity index (χ1n) is 6.42. The molecule has 1 aliphatic carbocycles. The normalized spacial score (nSPS) is 20.6. The molecule has 1 fully saturated rings. The van der Waals surface area contributed by atoms with E-state index >= 15 is 0 Å². The molecule has 6 nitrogen and oxygen atoms in total. The minimum atomic E-state index is -0.432. The van der Waals surface area contributed by atoms with Gasteiger partial charge in [-0.25, -0.2) is 14.8 Å². The second kappa shape index (κ2) is 6.57. The lowest BCUT2D eigenvalue weighted by molar-refractivity contribution is 0.0526. The molecular formula is C13H16N4O2S. The van der Waals surface area contributed by atoms with Crippen molar-refractivity contribution in [2.75, 3.05) is 18.2 Å². The highest BCUT2D eigenvalue weighted by atomic mass is 32.2. The summed E-state index contributed by atoms with van der Waals surface area (Å²) in [6.45, 7) is 2.06. The zero-order chi connectivity index (χ0) is 14.5. The van der Waals surface area contributed by atoms with Gasteiger partial charge in [0.25, 0.3) is 0 Å². The number of nitrogens with one attached hydrogen (secondary N) is 1. The Kier molecular flexibility index (Phi) is 4.79. The van der Waals surface area contributed by atoms with Gasteiger partial charge in [-0.15, -0.1) is 0 Å². The molecule has 0 saturated heterocycles. The predicted molar refractivity (Wildman–Crippen MR) is 75.5 cm³/mol. The van der Waals surface area contributed by atoms with Gasteiger partial charge in [-0.3, -0.25) is 0 Å². The van der Waals surface area contributed by atoms with Crippen molar-refractivity contribution in [3.8, 4) is 6.07 Å². The Hall–Kier alpha value is -1.81. The van der Waals surface area contributed by atoms with Crippen LogP contribution in [0.1, 0.15) is 30.1 Å². The summed E-state index contributed by atoms with van der Waals surface area (Å²) in [5, 5.41) is 12.6. The highest BCUT2D eigenvalue weighted by Gasteiger charge is 2.30. The van der Waals surface area contributed by atoms with Crippen LogP contribution in [0.25, 0.3) is 0 Å². The van der Waals surface area contributed by atoms with Crippen LogP contribution in [0.3, 0.4) is 0 Å². The lowest BCUT2D eigenvalue weighted by Gasteiger charge is -2.32. The van der Waals surface area contributed by atoms with E-state index in [2.05, 4.69) is 21.4 Å². The van der Waals surface area contributed by atoms with E-state index in [9.17, 15) is 4.79 Å². The number of esters is 1. The number of rotatable bonds is 5. The number of thioether (sulfide) groups is 1. The zero-order valence-corrected chi connectivity index (χ0v) is 12.2. The number of nitriles is 1. The molecule has 0 bridgehead atoms. The number of carbonyl (C=O) groups excluding carboxylic acids is 1. The van der Waals surface area contributed by atoms with Crippen LogP contribution < -0.4 is 5.32 Å². The Bertz CT molecular complexity index is 538. The van der Waals surface area contributed by atoms with Crippen LogP contribution in [0.2, 0.25) is 0 Å². The summed E-state index contributed by atoms with van der Waals surface area (Å²) >= 11 is 1.41. The lowest BCUT2D eigenvalue weighted by Crippen LogP contribution is -2.35. The zero-order valence-electron chi connectivity index (χ0n) is 11.4. The van der Waals surface area contributed by atoms with E-state index in [1.54, 1.807) is 6.92 Å². The van der Waals surface area contributed by atoms with Crippen molar-refractivity contribution in [3.63, 3.8) is 0 Å². The number of carbonyl (C=O) groups is 1. The molecule has 0 amide bonds. The average molecular weight is 292 g/mol. The fourth-order valence-electron chi connectivity index (χ4n) is 1.97. The molecular weight excluding hydrogens is 276 g/mol. The van der Waals surface area contributed by atoms with Gasteiger partial charge in [-0.05, 0) is 26.0 Å². The first-order valence-corrected chi connectivity index (χ1v) is 7.64. The maximum atomic E-state index is 11.9. The van der Waals surface area contributed by atoms with Crippen LogP contribution in [-0.4, -0.2) is 34.8 Å². The molecule has 1 aromatic heterocycles. The minimum absolute atomic E-state index is 0.0976. The van der Waals surface area contributed by atoms with E-state index in [1.807, 2.05) is 6.26 Å². The van der Waals surface area contributed by atoms with E-state index in [4.69, 9.17) is 10.00 Å². The van der Waals surface area contributed by atoms with E-state index in [-0.39, 0.29) is 12.0 Å². The summed E-state index contributed by atoms with van der Waals surface area (Å²) in [6.07, 6.45) is 4.91. The number of nitrogens with zero attached hydrogens (tertiary/aromatic N) is 3. The molecule has 0 spiro atoms. The molecule has 2 rings (SSSR count). The Morgan fingerprint density at radius 1 is 1.65 bits per heavy atom. The molecule has 20 heavy (non-hydrogen) atoms. The van der Waals surface area contributed by atoms with Crippen molar-refractivity contribution < 1.29 is 9.53 Å². The molecule has 106 valence electrons. The summed E-state index contributed by atoms with van der Waals surface area (Å²) in [7, 11) is 0. The first-order chi connectivity index (χ1) is 9.67. The van der Waals surface area contributed by atoms with Crippen molar-refractivity contribution in [3.05, 3.63) is 11.8 Å². The van der Waals surface area contributed by atoms with Crippen LogP contribution in [0.5, 0.6) is 0 Å². The summed E-state index contributed by atoms with van der Waals surface area (Å²) in [5.41, 5.74) is 0.338. The van der Waals surface area contributed by atoms with Gasteiger partial charge in [0.1, 0.15) is 11.4 Å². The fraction of sp³-hybridized carbons (Fsp3) is 0.538. The highest BCUT2D eigenvalue weighted by molar-refractivity contribution is 7.98. The molecule has 1 saturated carbocycles. The smallest absolute Gasteiger partial charge is 0.343 e. The summed E-state index contributed by atoms with van der Waals surface area (Å²) in [6, 6.07) is 2.41. The first kappa shape index (κ1) is 14.6. The van der Waals surface area contributed by atoms with Gasteiger partial charge in [0.15, 0.2) is 5.16 Å². The molecule has 0 aromatic carbocycles. The largest absolute Gasteiger partial charge is 0.462 e. The Labute approximate surface area is 121 Å². The van der Waals surface area contributed by atoms with Crippen LogP contribution >= 0.6 is 11.8 Å². The predicted octanol–water partition coefficient (Wildman–Crippen LogP) is 2.09. The molecule has 0 atom stereocenters. The van der Waals surface area contributed by atoms with E-state index in [0.29, 0.717) is 23.1 Å². The average Bonchev–Trinajstić information content (AvgIpc) is 2.42. The number of ether oxygens (including phenoxy) is 1. The Morgan fingerprint density at radius 2 is 2.40 bits per heavy atom. The van der Waals surface area contributed by atoms with Crippen molar-refractivity contribution in [1.29, 1.82) is 5.26 Å². The summed E-state index contributed by atoms with van der Waals surface area (Å²) in [5.74, 6) is 0.156. The third-order valence-electron chi connectivity index (χ3n) is 3.11. The van der Waals surface area contributed by atoms with E-state index < -0.39 is 5.97 Å². The van der Waals surface area contributed by atoms with Gasteiger partial charge >= 0.3 is 5.97 Å². The molecule has 7 heteroatoms. The molecule has 1 heterocycles. The van der Waals surface area contributed by atoms with Crippen LogP contribution in [0.15, 0.2) is 11.4 Å². The van der Waals surface area contributed by atoms with Crippen molar-refractivity contribution in [2.45, 2.75) is 31.0 Å². The third-order valence-corrected chi connectivity index (χ3v) is 3.67. The SMILES string of the molecule is CCOC(=O)c1cnc(SC)nc1N[C@H]1C[C@H](C#N)C1. The molecule has 1 aliphatic rings. The van der Waals surface area contributed by atoms with Gasteiger partial charge in [-0.2, -0.15) is 5.26 Å². The molecule has 0 radical (unpaired) electrons. The fourth-order valence-corrected chi connectivity index (χ4v) is 2.31. The van der Waals surface area contributed by atoms with Gasteiger partial charge in [-0.1, -0.05) is 11.8 Å². The van der Waals surface area contributed by atoms with E-state index in [1.165, 1.54) is 18.0 Å². The highest BCUT2D eigenvalue weighted by Crippen LogP contribution is 2.30. The van der Waals surface area contributed by atoms with Crippen LogP contribution in [0, 0.1) is 17.2 Å². The molecule has 0 aliphatic heterocycles. The molecule has 0 unspecified atom stereocenters. The monoisotopic (exact) mass is 292 g/mol. The Balaban J connectivity index is 2.15. The number of hydrogen-bond donors (Lipinski definition) is 1. The third kappa shape index (κ3) is 3.20. The quantitative estimate of drug-likeness (QED) is 0.505. The van der Waals surface area contributed by atoms with Crippen molar-refractivity contribution in [2.24, 2.45) is 5.92 Å². The van der Waals surface area contributed by atoms with Gasteiger partial charge in [0, 0.05) is 12.2 Å². The summed E-state index contributed by atoms with van der Waals surface area (Å²) < 4.78 is 5.00. The second-order valence-electron chi connectivity index (χ2n) is 4.48. The van der Waals surface area contributed by atoms with E-state index in [0.717, 1.165) is 12.8 Å². The van der Waals surface area contributed by atoms with Gasteiger partial charge in [0.2, 0.25) is 0 Å². The maximum Gasteiger partial charge on any atom is 0.343 e. The lowest BCUT2D eigenvalue weighted by atomic mass is 9.81. The second-order valence-corrected chi connectivity index (χ2v) is 5.25. The Morgan fingerprint density at radius 3 is 3.00 bits per heavy atom. The van der Waals surface area contributed by atoms with Crippen molar-refractivity contribution >= 4 is 23.5 Å². The van der Waals surface area contributed by atoms with Crippen LogP contribution in [0.4, 0.5) is 5.82 Å². The molecule has 1 aromatic rings. The number of anilines is 1. The topological polar surface area (TPSA) is 87.9 Å². The number of aromatic nitrogens is 2. The number of hydrogen-bond acceptors (Lipinski definition) is 7.